The van der Waals surface area contributed by atoms with Gasteiger partial charge in [0.2, 0.25) is 35.4 Å². The number of hydrogen-bond donors (Lipinski definition) is 9. The van der Waals surface area contributed by atoms with Crippen LogP contribution in [0.4, 0.5) is 0 Å². The summed E-state index contributed by atoms with van der Waals surface area (Å²) >= 11 is 0. The summed E-state index contributed by atoms with van der Waals surface area (Å²) < 4.78 is 12.6. The van der Waals surface area contributed by atoms with Crippen molar-refractivity contribution in [3.8, 4) is 0 Å². The first-order chi connectivity index (χ1) is 21.9. The predicted molar refractivity (Wildman–Crippen MR) is 165 cm³/mol. The standard InChI is InChI=1S/C26H45N10O10P/c1-6-13(3)21(34-26(43)22(14(4)7-2)33-23(40)16(27)8-18(28)38)25(42)32-17(11-36-20(10-30-35-36)47(44,45)46)24(41)29-9-19(39)31-15(5)12-37/h10,12-17,21-22H,6-9,11,27H2,1-5H3,(H2,28,38)(H,29,41)(H,31,39)(H,32,42)(H,33,40)(H,34,43)(H2,44,45,46)/t13-,14-,15-,16-,17-,21-,22-/m0/s1. The summed E-state index contributed by atoms with van der Waals surface area (Å²) in [5.41, 5.74) is 10.2. The topological polar surface area (TPSA) is 320 Å². The van der Waals surface area contributed by atoms with Gasteiger partial charge in [-0.05, 0) is 18.8 Å². The fourth-order valence-electron chi connectivity index (χ4n) is 4.08. The SMILES string of the molecule is CC[C@H](C)[C@H](NC(=O)[C@@H](NC(=O)[C@@H](N)CC(N)=O)[C@@H](C)CC)C(=O)N[C@@H](Cn1nncc1P(=O)(O)O)C(=O)NCC(=O)N[C@@H](C)C=O. The summed E-state index contributed by atoms with van der Waals surface area (Å²) in [4.78, 5) is 106. The van der Waals surface area contributed by atoms with E-state index in [-0.39, 0.29) is 0 Å². The van der Waals surface area contributed by atoms with E-state index in [2.05, 4.69) is 36.9 Å². The lowest BCUT2D eigenvalue weighted by atomic mass is 9.94. The van der Waals surface area contributed by atoms with Crippen molar-refractivity contribution >= 4 is 54.8 Å². The van der Waals surface area contributed by atoms with E-state index in [1.165, 1.54) is 6.92 Å². The van der Waals surface area contributed by atoms with Gasteiger partial charge in [-0.25, -0.2) is 4.68 Å². The Morgan fingerprint density at radius 2 is 1.45 bits per heavy atom. The fourth-order valence-corrected chi connectivity index (χ4v) is 4.71. The van der Waals surface area contributed by atoms with Crippen LogP contribution in [-0.4, -0.2) is 103 Å². The van der Waals surface area contributed by atoms with Crippen molar-refractivity contribution in [2.75, 3.05) is 6.54 Å². The van der Waals surface area contributed by atoms with E-state index in [0.29, 0.717) is 23.8 Å². The van der Waals surface area contributed by atoms with E-state index in [1.54, 1.807) is 27.7 Å². The molecule has 0 saturated heterocycles. The highest BCUT2D eigenvalue weighted by Crippen LogP contribution is 2.32. The highest BCUT2D eigenvalue weighted by atomic mass is 31.2. The van der Waals surface area contributed by atoms with Gasteiger partial charge in [-0.2, -0.15) is 0 Å². The Labute approximate surface area is 271 Å². The average Bonchev–Trinajstić information content (AvgIpc) is 3.48. The van der Waals surface area contributed by atoms with Gasteiger partial charge in [0, 0.05) is 0 Å². The van der Waals surface area contributed by atoms with Gasteiger partial charge in [0.25, 0.3) is 0 Å². The van der Waals surface area contributed by atoms with Crippen LogP contribution in [0.2, 0.25) is 0 Å². The molecule has 0 aliphatic heterocycles. The Balaban J connectivity index is 3.33. The fraction of sp³-hybridized carbons (Fsp3) is 0.654. The average molecular weight is 689 g/mol. The molecule has 1 aromatic rings. The minimum atomic E-state index is -4.92. The molecule has 11 N–H and O–H groups in total. The third-order valence-electron chi connectivity index (χ3n) is 7.24. The van der Waals surface area contributed by atoms with Crippen molar-refractivity contribution in [3.05, 3.63) is 6.20 Å². The Kier molecular flexibility index (Phi) is 16.3. The van der Waals surface area contributed by atoms with E-state index < -0.39 is 110 Å². The number of carbonyl (C=O) groups is 7. The molecule has 0 bridgehead atoms. The number of primary amides is 1. The van der Waals surface area contributed by atoms with Gasteiger partial charge in [0.05, 0.1) is 37.8 Å². The van der Waals surface area contributed by atoms with Gasteiger partial charge < -0.3 is 52.6 Å². The van der Waals surface area contributed by atoms with Crippen molar-refractivity contribution in [1.29, 1.82) is 0 Å². The summed E-state index contributed by atoms with van der Waals surface area (Å²) in [6, 6.07) is -6.25. The monoisotopic (exact) mass is 688 g/mol. The van der Waals surface area contributed by atoms with E-state index in [1.807, 2.05) is 0 Å². The number of nitrogens with two attached hydrogens (primary N) is 2. The number of nitrogens with zero attached hydrogens (tertiary/aromatic N) is 3. The van der Waals surface area contributed by atoms with Gasteiger partial charge in [0.15, 0.2) is 5.44 Å². The van der Waals surface area contributed by atoms with Crippen molar-refractivity contribution in [2.45, 2.75) is 90.6 Å². The summed E-state index contributed by atoms with van der Waals surface area (Å²) in [6.07, 6.45) is 1.57. The van der Waals surface area contributed by atoms with Gasteiger partial charge >= 0.3 is 7.60 Å². The van der Waals surface area contributed by atoms with E-state index in [9.17, 15) is 47.9 Å². The molecular formula is C26H45N10O10P. The lowest BCUT2D eigenvalue weighted by Crippen LogP contribution is -2.61. The van der Waals surface area contributed by atoms with Crippen LogP contribution in [0.5, 0.6) is 0 Å². The van der Waals surface area contributed by atoms with E-state index in [0.717, 1.165) is 6.20 Å². The molecule has 0 radical (unpaired) electrons. The van der Waals surface area contributed by atoms with Crippen molar-refractivity contribution < 1.29 is 47.9 Å². The zero-order chi connectivity index (χ0) is 36.1. The Morgan fingerprint density at radius 3 is 1.94 bits per heavy atom. The summed E-state index contributed by atoms with van der Waals surface area (Å²) in [5.74, 6) is -5.98. The summed E-state index contributed by atoms with van der Waals surface area (Å²) in [5, 5.41) is 19.2. The molecule has 1 aromatic heterocycles. The van der Waals surface area contributed by atoms with Crippen LogP contribution in [-0.2, 0) is 44.7 Å². The molecule has 264 valence electrons. The quantitative estimate of drug-likeness (QED) is 0.0463. The normalized spacial score (nSPS) is 15.8. The molecule has 20 nitrogen and oxygen atoms in total. The number of carbonyl (C=O) groups excluding carboxylic acids is 7. The molecule has 7 atom stereocenters. The molecule has 21 heteroatoms. The van der Waals surface area contributed by atoms with E-state index >= 15 is 0 Å². The largest absolute Gasteiger partial charge is 0.375 e. The molecule has 0 aromatic carbocycles. The molecule has 0 saturated carbocycles. The zero-order valence-electron chi connectivity index (χ0n) is 26.8. The second-order valence-corrected chi connectivity index (χ2v) is 12.7. The summed E-state index contributed by atoms with van der Waals surface area (Å²) in [6.45, 7) is 6.95. The lowest BCUT2D eigenvalue weighted by Gasteiger charge is -2.30. The summed E-state index contributed by atoms with van der Waals surface area (Å²) in [7, 11) is -4.92. The zero-order valence-corrected chi connectivity index (χ0v) is 27.7. The number of nitrogens with one attached hydrogen (secondary N) is 5. The minimum absolute atomic E-state index is 0.361. The van der Waals surface area contributed by atoms with Gasteiger partial charge in [0.1, 0.15) is 24.4 Å². The van der Waals surface area contributed by atoms with Crippen LogP contribution in [0.15, 0.2) is 6.20 Å². The Morgan fingerprint density at radius 1 is 0.915 bits per heavy atom. The van der Waals surface area contributed by atoms with Gasteiger partial charge in [-0.1, -0.05) is 45.7 Å². The number of amides is 6. The molecule has 1 rings (SSSR count). The highest BCUT2D eigenvalue weighted by Gasteiger charge is 2.35. The second-order valence-electron chi connectivity index (χ2n) is 11.1. The first kappa shape index (κ1) is 40.8. The van der Waals surface area contributed by atoms with Crippen molar-refractivity contribution in [1.82, 2.24) is 41.6 Å². The minimum Gasteiger partial charge on any atom is -0.370 e. The van der Waals surface area contributed by atoms with Crippen molar-refractivity contribution in [3.63, 3.8) is 0 Å². The van der Waals surface area contributed by atoms with Crippen LogP contribution < -0.4 is 43.5 Å². The third-order valence-corrected chi connectivity index (χ3v) is 8.19. The van der Waals surface area contributed by atoms with Gasteiger partial charge in [-0.15, -0.1) is 5.10 Å². The number of aromatic nitrogens is 3. The molecule has 0 aliphatic carbocycles. The molecule has 0 spiro atoms. The lowest BCUT2D eigenvalue weighted by molar-refractivity contribution is -0.136. The smallest absolute Gasteiger partial charge is 0.370 e. The molecule has 6 amide bonds. The Bertz CT molecular complexity index is 1340. The second kappa shape index (κ2) is 18.8. The first-order valence-corrected chi connectivity index (χ1v) is 16.4. The number of rotatable bonds is 20. The molecule has 0 fully saturated rings. The molecule has 0 aliphatic rings. The highest BCUT2D eigenvalue weighted by molar-refractivity contribution is 7.60. The number of hydrogen-bond acceptors (Lipinski definition) is 11. The van der Waals surface area contributed by atoms with Crippen LogP contribution in [0.1, 0.15) is 53.9 Å². The first-order valence-electron chi connectivity index (χ1n) is 14.8. The molecule has 47 heavy (non-hydrogen) atoms. The molecule has 0 unspecified atom stereocenters. The maximum absolute atomic E-state index is 13.7. The Hall–Kier alpha value is -4.26. The maximum Gasteiger partial charge on any atom is 0.375 e. The van der Waals surface area contributed by atoms with Gasteiger partial charge in [-0.3, -0.25) is 33.3 Å². The van der Waals surface area contributed by atoms with Crippen molar-refractivity contribution in [2.24, 2.45) is 23.3 Å². The third kappa shape index (κ3) is 13.2. The predicted octanol–water partition coefficient (Wildman–Crippen LogP) is -4.35. The molecule has 1 heterocycles. The van der Waals surface area contributed by atoms with Crippen LogP contribution >= 0.6 is 7.60 Å². The van der Waals surface area contributed by atoms with Crippen LogP contribution in [0.25, 0.3) is 0 Å². The molecular weight excluding hydrogens is 643 g/mol. The number of aldehydes is 1. The van der Waals surface area contributed by atoms with Crippen LogP contribution in [0, 0.1) is 11.8 Å². The maximum atomic E-state index is 13.7. The van der Waals surface area contributed by atoms with Crippen LogP contribution in [0.3, 0.4) is 0 Å². The van der Waals surface area contributed by atoms with E-state index in [4.69, 9.17) is 11.5 Å².